The number of aryl methyl sites for hydroxylation is 1. The maximum Gasteiger partial charge on any atom is 0.182 e. The van der Waals surface area contributed by atoms with E-state index >= 15 is 0 Å². The molecule has 1 aromatic rings. The van der Waals surface area contributed by atoms with E-state index in [0.29, 0.717) is 0 Å². The maximum atomic E-state index is 11.4. The fourth-order valence-electron chi connectivity index (χ4n) is 1.11. The van der Waals surface area contributed by atoms with E-state index in [9.17, 15) is 4.79 Å². The summed E-state index contributed by atoms with van der Waals surface area (Å²) < 4.78 is 0. The SMILES string of the molecule is C=C(CC)c1cccc(C)c(=O)c1. The minimum Gasteiger partial charge on any atom is -0.290 e. The van der Waals surface area contributed by atoms with Crippen molar-refractivity contribution in [1.29, 1.82) is 0 Å². The Labute approximate surface area is 78.7 Å². The number of hydrogen-bond donors (Lipinski definition) is 0. The van der Waals surface area contributed by atoms with Crippen LogP contribution in [0.4, 0.5) is 0 Å². The molecule has 0 aromatic heterocycles. The Balaban J connectivity index is 3.29. The summed E-state index contributed by atoms with van der Waals surface area (Å²) in [6.45, 7) is 7.76. The lowest BCUT2D eigenvalue weighted by molar-refractivity contribution is 1.24. The highest BCUT2D eigenvalue weighted by Crippen LogP contribution is 2.12. The summed E-state index contributed by atoms with van der Waals surface area (Å²) in [5.74, 6) is 0. The van der Waals surface area contributed by atoms with Crippen LogP contribution in [0.15, 0.2) is 35.6 Å². The monoisotopic (exact) mass is 174 g/mol. The van der Waals surface area contributed by atoms with Gasteiger partial charge >= 0.3 is 0 Å². The number of hydrogen-bond acceptors (Lipinski definition) is 1. The Bertz CT molecular complexity index is 377. The van der Waals surface area contributed by atoms with Gasteiger partial charge in [0, 0.05) is 0 Å². The summed E-state index contributed by atoms with van der Waals surface area (Å²) in [6, 6.07) is 7.31. The Hall–Kier alpha value is -1.37. The van der Waals surface area contributed by atoms with Gasteiger partial charge in [0.05, 0.1) is 0 Å². The van der Waals surface area contributed by atoms with Crippen LogP contribution in [-0.2, 0) is 0 Å². The first-order valence-electron chi connectivity index (χ1n) is 4.44. The van der Waals surface area contributed by atoms with E-state index in [1.807, 2.05) is 32.0 Å². The van der Waals surface area contributed by atoms with Crippen molar-refractivity contribution in [3.63, 3.8) is 0 Å². The molecule has 1 heteroatoms. The quantitative estimate of drug-likeness (QED) is 0.673. The third-order valence-corrected chi connectivity index (χ3v) is 2.13. The first kappa shape index (κ1) is 9.72. The van der Waals surface area contributed by atoms with Gasteiger partial charge in [0.15, 0.2) is 5.43 Å². The Morgan fingerprint density at radius 2 is 2.15 bits per heavy atom. The highest BCUT2D eigenvalue weighted by atomic mass is 16.1. The summed E-state index contributed by atoms with van der Waals surface area (Å²) in [4.78, 5) is 11.4. The van der Waals surface area contributed by atoms with Crippen LogP contribution in [0.2, 0.25) is 0 Å². The van der Waals surface area contributed by atoms with Crippen LogP contribution < -0.4 is 5.43 Å². The fourth-order valence-corrected chi connectivity index (χ4v) is 1.11. The summed E-state index contributed by atoms with van der Waals surface area (Å²) in [5.41, 5.74) is 2.80. The van der Waals surface area contributed by atoms with Crippen LogP contribution >= 0.6 is 0 Å². The van der Waals surface area contributed by atoms with Crippen LogP contribution in [0, 0.1) is 6.92 Å². The molecule has 1 nitrogen and oxygen atoms in total. The Morgan fingerprint density at radius 3 is 2.77 bits per heavy atom. The maximum absolute atomic E-state index is 11.4. The minimum absolute atomic E-state index is 0.0783. The van der Waals surface area contributed by atoms with Gasteiger partial charge in [0.2, 0.25) is 0 Å². The summed E-state index contributed by atoms with van der Waals surface area (Å²) in [6.07, 6.45) is 0.877. The number of rotatable bonds is 2. The van der Waals surface area contributed by atoms with Gasteiger partial charge in [-0.1, -0.05) is 31.7 Å². The fraction of sp³-hybridized carbons (Fsp3) is 0.250. The average Bonchev–Trinajstić information content (AvgIpc) is 2.28. The molecule has 68 valence electrons. The van der Waals surface area contributed by atoms with Crippen molar-refractivity contribution in [1.82, 2.24) is 0 Å². The van der Waals surface area contributed by atoms with Crippen molar-refractivity contribution < 1.29 is 0 Å². The zero-order valence-electron chi connectivity index (χ0n) is 8.13. The van der Waals surface area contributed by atoms with Crippen molar-refractivity contribution in [3.05, 3.63) is 52.2 Å². The molecule has 0 saturated heterocycles. The third kappa shape index (κ3) is 2.28. The molecule has 0 N–H and O–H groups in total. The van der Waals surface area contributed by atoms with Gasteiger partial charge in [-0.3, -0.25) is 4.79 Å². The van der Waals surface area contributed by atoms with E-state index in [0.717, 1.165) is 23.1 Å². The second kappa shape index (κ2) is 4.04. The molecule has 1 aromatic carbocycles. The van der Waals surface area contributed by atoms with E-state index < -0.39 is 0 Å². The van der Waals surface area contributed by atoms with Crippen LogP contribution in [0.1, 0.15) is 24.5 Å². The first-order chi connectivity index (χ1) is 6.15. The summed E-state index contributed by atoms with van der Waals surface area (Å²) >= 11 is 0. The zero-order valence-corrected chi connectivity index (χ0v) is 8.13. The van der Waals surface area contributed by atoms with Crippen LogP contribution in [0.3, 0.4) is 0 Å². The Kier molecular flexibility index (Phi) is 3.02. The minimum atomic E-state index is 0.0783. The first-order valence-corrected chi connectivity index (χ1v) is 4.44. The predicted octanol–water partition coefficient (Wildman–Crippen LogP) is 2.78. The van der Waals surface area contributed by atoms with Gasteiger partial charge in [-0.25, -0.2) is 0 Å². The molecule has 0 atom stereocenters. The highest BCUT2D eigenvalue weighted by molar-refractivity contribution is 5.62. The van der Waals surface area contributed by atoms with Crippen LogP contribution in [-0.4, -0.2) is 0 Å². The molecule has 1 rings (SSSR count). The van der Waals surface area contributed by atoms with Crippen molar-refractivity contribution in [2.45, 2.75) is 20.3 Å². The molecule has 0 aliphatic heterocycles. The van der Waals surface area contributed by atoms with Gasteiger partial charge < -0.3 is 0 Å². The zero-order chi connectivity index (χ0) is 9.84. The molecule has 0 amide bonds. The van der Waals surface area contributed by atoms with Crippen molar-refractivity contribution in [2.24, 2.45) is 0 Å². The highest BCUT2D eigenvalue weighted by Gasteiger charge is 1.96. The smallest absolute Gasteiger partial charge is 0.182 e. The lowest BCUT2D eigenvalue weighted by Crippen LogP contribution is -1.99. The largest absolute Gasteiger partial charge is 0.290 e. The van der Waals surface area contributed by atoms with Crippen LogP contribution in [0.25, 0.3) is 5.57 Å². The van der Waals surface area contributed by atoms with Gasteiger partial charge in [0.25, 0.3) is 0 Å². The molecule has 0 spiro atoms. The van der Waals surface area contributed by atoms with Crippen LogP contribution in [0.5, 0.6) is 0 Å². The molecule has 0 bridgehead atoms. The van der Waals surface area contributed by atoms with Crippen molar-refractivity contribution >= 4 is 5.57 Å². The molecule has 0 unspecified atom stereocenters. The third-order valence-electron chi connectivity index (χ3n) is 2.13. The van der Waals surface area contributed by atoms with Crippen molar-refractivity contribution in [2.75, 3.05) is 0 Å². The molecule has 0 fully saturated rings. The van der Waals surface area contributed by atoms with Gasteiger partial charge in [-0.2, -0.15) is 0 Å². The molecule has 0 saturated carbocycles. The average molecular weight is 174 g/mol. The van der Waals surface area contributed by atoms with Crippen molar-refractivity contribution in [3.8, 4) is 0 Å². The lowest BCUT2D eigenvalue weighted by atomic mass is 10.1. The molecular weight excluding hydrogens is 160 g/mol. The van der Waals surface area contributed by atoms with Gasteiger partial charge in [-0.05, 0) is 36.1 Å². The van der Waals surface area contributed by atoms with E-state index in [1.54, 1.807) is 6.07 Å². The molecule has 0 radical (unpaired) electrons. The van der Waals surface area contributed by atoms with Gasteiger partial charge in [-0.15, -0.1) is 0 Å². The second-order valence-corrected chi connectivity index (χ2v) is 3.13. The topological polar surface area (TPSA) is 17.1 Å². The number of allylic oxidation sites excluding steroid dienone is 1. The van der Waals surface area contributed by atoms with Gasteiger partial charge in [0.1, 0.15) is 0 Å². The van der Waals surface area contributed by atoms with E-state index in [-0.39, 0.29) is 5.43 Å². The lowest BCUT2D eigenvalue weighted by Gasteiger charge is -1.96. The predicted molar refractivity (Wildman–Crippen MR) is 56.8 cm³/mol. The Morgan fingerprint density at radius 1 is 1.46 bits per heavy atom. The normalized spacial score (nSPS) is 9.69. The standard InChI is InChI=1S/C12H14O/c1-4-9(2)11-7-5-6-10(3)12(13)8-11/h5-8H,2,4H2,1,3H3. The molecule has 0 heterocycles. The molecule has 0 aliphatic carbocycles. The van der Waals surface area contributed by atoms with E-state index in [2.05, 4.69) is 6.58 Å². The summed E-state index contributed by atoms with van der Waals surface area (Å²) in [5, 5.41) is 0. The molecule has 0 aliphatic rings. The summed E-state index contributed by atoms with van der Waals surface area (Å²) in [7, 11) is 0. The molecule has 13 heavy (non-hydrogen) atoms. The van der Waals surface area contributed by atoms with E-state index in [4.69, 9.17) is 0 Å². The second-order valence-electron chi connectivity index (χ2n) is 3.13. The molecular formula is C12H14O. The van der Waals surface area contributed by atoms with E-state index in [1.165, 1.54) is 0 Å².